The van der Waals surface area contributed by atoms with Crippen molar-refractivity contribution in [2.24, 2.45) is 5.10 Å². The third kappa shape index (κ3) is 4.34. The highest BCUT2D eigenvalue weighted by Crippen LogP contribution is 2.44. The van der Waals surface area contributed by atoms with Crippen LogP contribution in [0.25, 0.3) is 0 Å². The first kappa shape index (κ1) is 23.7. The summed E-state index contributed by atoms with van der Waals surface area (Å²) in [6, 6.07) is 9.20. The largest absolute Gasteiger partial charge is 0.593 e. The molecule has 1 aromatic heterocycles. The molecule has 3 unspecified atom stereocenters. The van der Waals surface area contributed by atoms with Crippen LogP contribution in [0.15, 0.2) is 35.4 Å². The van der Waals surface area contributed by atoms with Crippen LogP contribution in [0.2, 0.25) is 5.02 Å². The number of rotatable bonds is 4. The molecule has 7 nitrogen and oxygen atoms in total. The van der Waals surface area contributed by atoms with E-state index in [2.05, 4.69) is 15.8 Å². The molecule has 34 heavy (non-hydrogen) atoms. The number of halogens is 3. The summed E-state index contributed by atoms with van der Waals surface area (Å²) >= 11 is 6.61. The van der Waals surface area contributed by atoms with Gasteiger partial charge < -0.3 is 14.6 Å². The second kappa shape index (κ2) is 8.54. The average molecular weight is 528 g/mol. The van der Waals surface area contributed by atoms with Crippen molar-refractivity contribution in [1.29, 1.82) is 5.41 Å². The topological polar surface area (TPSA) is 95.8 Å². The van der Waals surface area contributed by atoms with E-state index in [4.69, 9.17) is 21.7 Å². The minimum atomic E-state index is -2.57. The number of hydrogen-bond acceptors (Lipinski definition) is 6. The third-order valence-electron chi connectivity index (χ3n) is 6.44. The Balaban J connectivity index is 1.28. The van der Waals surface area contributed by atoms with Gasteiger partial charge in [0.25, 0.3) is 0 Å². The maximum absolute atomic E-state index is 13.6. The number of benzene rings is 1. The fourth-order valence-corrected chi connectivity index (χ4v) is 7.38. The molecule has 3 aliphatic rings. The molecule has 4 atom stereocenters. The minimum absolute atomic E-state index is 0.0610. The van der Waals surface area contributed by atoms with Crippen LogP contribution in [0.5, 0.6) is 0 Å². The number of thiophene rings is 1. The Morgan fingerprint density at radius 3 is 2.74 bits per heavy atom. The lowest BCUT2D eigenvalue weighted by molar-refractivity contribution is 0.00776. The van der Waals surface area contributed by atoms with E-state index in [1.54, 1.807) is 13.1 Å². The Bertz CT molecular complexity index is 1140. The van der Waals surface area contributed by atoms with Crippen LogP contribution >= 0.6 is 22.9 Å². The maximum Gasteiger partial charge on any atom is 0.248 e. The van der Waals surface area contributed by atoms with Gasteiger partial charge in [-0.05, 0) is 43.0 Å². The lowest BCUT2D eigenvalue weighted by Gasteiger charge is -2.39. The molecule has 1 aliphatic carbocycles. The molecule has 12 heteroatoms. The van der Waals surface area contributed by atoms with Crippen molar-refractivity contribution in [3.63, 3.8) is 0 Å². The van der Waals surface area contributed by atoms with Gasteiger partial charge in [-0.2, -0.15) is 4.31 Å². The van der Waals surface area contributed by atoms with Crippen molar-refractivity contribution in [2.45, 2.75) is 49.8 Å². The summed E-state index contributed by atoms with van der Waals surface area (Å²) in [5, 5.41) is 16.0. The van der Waals surface area contributed by atoms with Crippen LogP contribution in [0, 0.1) is 5.41 Å². The molecule has 1 aromatic carbocycles. The van der Waals surface area contributed by atoms with Crippen molar-refractivity contribution in [1.82, 2.24) is 15.0 Å². The van der Waals surface area contributed by atoms with Gasteiger partial charge >= 0.3 is 0 Å². The summed E-state index contributed by atoms with van der Waals surface area (Å²) in [7, 11) is 1.61. The molecular formula is C22H24ClF2N5O2S2. The molecule has 3 N–H and O–H groups in total. The molecule has 0 bridgehead atoms. The van der Waals surface area contributed by atoms with Gasteiger partial charge in [0.15, 0.2) is 5.75 Å². The fraction of sp³-hybridized carbons (Fsp3) is 0.455. The van der Waals surface area contributed by atoms with Crippen molar-refractivity contribution in [3.05, 3.63) is 56.2 Å². The summed E-state index contributed by atoms with van der Waals surface area (Å²) in [6.07, 6.45) is -0.216. The summed E-state index contributed by atoms with van der Waals surface area (Å²) < 4.78 is 46.9. The van der Waals surface area contributed by atoms with Gasteiger partial charge in [0, 0.05) is 18.4 Å². The van der Waals surface area contributed by atoms with Crippen LogP contribution in [0.3, 0.4) is 0 Å². The molecule has 2 aliphatic heterocycles. The molecule has 0 spiro atoms. The Morgan fingerprint density at radius 1 is 1.35 bits per heavy atom. The summed E-state index contributed by atoms with van der Waals surface area (Å²) in [6.45, 7) is 1.88. The first-order chi connectivity index (χ1) is 16.0. The van der Waals surface area contributed by atoms with Crippen LogP contribution in [-0.2, 0) is 21.6 Å². The van der Waals surface area contributed by atoms with Crippen molar-refractivity contribution in [3.8, 4) is 0 Å². The zero-order chi connectivity index (χ0) is 24.3. The van der Waals surface area contributed by atoms with Crippen molar-refractivity contribution >= 4 is 46.2 Å². The first-order valence-electron chi connectivity index (χ1n) is 10.8. The molecule has 3 heterocycles. The number of hydrogen-bond donors (Lipinski definition) is 3. The number of guanidine groups is 1. The Kier molecular flexibility index (Phi) is 5.94. The smallest absolute Gasteiger partial charge is 0.248 e. The monoisotopic (exact) mass is 527 g/mol. The molecule has 1 saturated heterocycles. The van der Waals surface area contributed by atoms with Gasteiger partial charge in [0.05, 0.1) is 33.2 Å². The number of ether oxygens (including phenoxy) is 1. The summed E-state index contributed by atoms with van der Waals surface area (Å²) in [4.78, 5) is 1.56. The summed E-state index contributed by atoms with van der Waals surface area (Å²) in [5.74, 6) is -1.94. The second-order valence-electron chi connectivity index (χ2n) is 9.06. The van der Waals surface area contributed by atoms with Crippen LogP contribution in [-0.4, -0.2) is 39.4 Å². The van der Waals surface area contributed by atoms with E-state index in [1.807, 2.05) is 31.2 Å². The van der Waals surface area contributed by atoms with Crippen molar-refractivity contribution < 1.29 is 18.1 Å². The van der Waals surface area contributed by atoms with Gasteiger partial charge in [0.2, 0.25) is 24.0 Å². The Labute approximate surface area is 208 Å². The fourth-order valence-electron chi connectivity index (χ4n) is 4.50. The van der Waals surface area contributed by atoms with Gasteiger partial charge in [-0.3, -0.25) is 10.8 Å². The minimum Gasteiger partial charge on any atom is -0.593 e. The van der Waals surface area contributed by atoms with Crippen molar-refractivity contribution in [2.75, 3.05) is 12.8 Å². The molecule has 5 rings (SSSR count). The molecular weight excluding hydrogens is 504 g/mol. The maximum atomic E-state index is 13.6. The molecule has 2 aromatic rings. The van der Waals surface area contributed by atoms with Gasteiger partial charge in [-0.15, -0.1) is 16.4 Å². The molecule has 1 saturated carbocycles. The van der Waals surface area contributed by atoms with E-state index in [0.717, 1.165) is 20.9 Å². The van der Waals surface area contributed by atoms with Gasteiger partial charge in [0.1, 0.15) is 5.54 Å². The van der Waals surface area contributed by atoms with Crippen LogP contribution in [0.1, 0.15) is 59.2 Å². The average Bonchev–Trinajstić information content (AvgIpc) is 3.50. The van der Waals surface area contributed by atoms with E-state index < -0.39 is 29.1 Å². The predicted molar refractivity (Wildman–Crippen MR) is 130 cm³/mol. The highest BCUT2D eigenvalue weighted by atomic mass is 35.5. The zero-order valence-corrected chi connectivity index (χ0v) is 20.9. The predicted octanol–water partition coefficient (Wildman–Crippen LogP) is 4.63. The van der Waals surface area contributed by atoms with Crippen LogP contribution in [0.4, 0.5) is 8.78 Å². The molecule has 0 radical (unpaired) electrons. The molecule has 2 fully saturated rings. The summed E-state index contributed by atoms with van der Waals surface area (Å²) in [5.41, 5.74) is 3.88. The number of alkyl halides is 2. The van der Waals surface area contributed by atoms with E-state index in [0.29, 0.717) is 17.3 Å². The lowest BCUT2D eigenvalue weighted by Crippen LogP contribution is -2.60. The number of nitrogens with one attached hydrogen (secondary N) is 3. The SMILES string of the molecule is CN1C(=N)N[C@](C)(c2sc(C3NN=C(c4ccc(C5CCC(F)(F)C5)cc4)O3)cc2Cl)C[S+]1[O-]. The van der Waals surface area contributed by atoms with Gasteiger partial charge in [-0.1, -0.05) is 23.7 Å². The highest BCUT2D eigenvalue weighted by Gasteiger charge is 2.45. The number of nitrogens with zero attached hydrogens (tertiary/aromatic N) is 2. The molecule has 182 valence electrons. The first-order valence-corrected chi connectivity index (χ1v) is 13.3. The highest BCUT2D eigenvalue weighted by molar-refractivity contribution is 7.89. The van der Waals surface area contributed by atoms with E-state index in [1.165, 1.54) is 15.6 Å². The second-order valence-corrected chi connectivity index (χ2v) is 12.0. The van der Waals surface area contributed by atoms with E-state index in [9.17, 15) is 13.3 Å². The Hall–Kier alpha value is -2.08. The third-order valence-corrected chi connectivity index (χ3v) is 9.91. The molecule has 0 amide bonds. The Morgan fingerprint density at radius 2 is 2.09 bits per heavy atom. The lowest BCUT2D eigenvalue weighted by atomic mass is 9.96. The standard InChI is InChI=1S/C22H24ClF2N5O2S2/c1-21(11-34(31)30(2)20(26)27-21)17-15(23)9-16(33-17)19-29-28-18(32-19)13-5-3-12(4-6-13)14-7-8-22(24,25)10-14/h3-6,9,14,19,29H,7-8,10-11H2,1-2H3,(H2,26,27)/t14?,19?,21-,34?/m0/s1. The zero-order valence-electron chi connectivity index (χ0n) is 18.5. The number of hydrazone groups is 1. The van der Waals surface area contributed by atoms with E-state index in [-0.39, 0.29) is 30.5 Å². The quantitative estimate of drug-likeness (QED) is 0.504. The van der Waals surface area contributed by atoms with Gasteiger partial charge in [-0.25, -0.2) is 8.78 Å². The van der Waals surface area contributed by atoms with Crippen LogP contribution < -0.4 is 10.7 Å². The van der Waals surface area contributed by atoms with E-state index >= 15 is 0 Å². The normalized spacial score (nSPS) is 30.5.